The molecule has 0 spiro atoms. The number of sulfonamides is 1. The molecule has 0 aromatic carbocycles. The van der Waals surface area contributed by atoms with Gasteiger partial charge in [-0.25, -0.2) is 8.42 Å². The molecule has 1 aromatic rings. The minimum Gasteiger partial charge on any atom is -0.317 e. The summed E-state index contributed by atoms with van der Waals surface area (Å²) in [6.45, 7) is 5.05. The van der Waals surface area contributed by atoms with Gasteiger partial charge in [0.25, 0.3) is 0 Å². The van der Waals surface area contributed by atoms with E-state index in [1.807, 2.05) is 6.07 Å². The van der Waals surface area contributed by atoms with E-state index in [1.54, 1.807) is 15.6 Å². The minimum absolute atomic E-state index is 0.253. The summed E-state index contributed by atoms with van der Waals surface area (Å²) in [5.74, 6) is 0.253. The van der Waals surface area contributed by atoms with Crippen LogP contribution in [0.15, 0.2) is 11.4 Å². The van der Waals surface area contributed by atoms with Gasteiger partial charge in [-0.1, -0.05) is 6.92 Å². The smallest absolute Gasteiger partial charge is 0.214 e. The Bertz CT molecular complexity index is 496. The van der Waals surface area contributed by atoms with Gasteiger partial charge < -0.3 is 5.32 Å². The Labute approximate surface area is 119 Å². The number of rotatable bonds is 7. The first-order chi connectivity index (χ1) is 9.13. The molecule has 0 bridgehead atoms. The van der Waals surface area contributed by atoms with Crippen LogP contribution in [-0.4, -0.2) is 38.1 Å². The lowest BCUT2D eigenvalue weighted by atomic mass is 10.1. The molecule has 0 amide bonds. The van der Waals surface area contributed by atoms with Crippen LogP contribution in [0.4, 0.5) is 0 Å². The van der Waals surface area contributed by atoms with Crippen molar-refractivity contribution in [3.05, 3.63) is 21.9 Å². The topological polar surface area (TPSA) is 49.4 Å². The first-order valence-electron chi connectivity index (χ1n) is 6.87. The highest BCUT2D eigenvalue weighted by Gasteiger charge is 2.26. The first-order valence-corrected chi connectivity index (χ1v) is 9.36. The Morgan fingerprint density at radius 1 is 1.42 bits per heavy atom. The molecule has 0 atom stereocenters. The first kappa shape index (κ1) is 15.0. The largest absolute Gasteiger partial charge is 0.317 e. The minimum atomic E-state index is -3.09. The number of nitrogens with one attached hydrogen (secondary N) is 1. The summed E-state index contributed by atoms with van der Waals surface area (Å²) in [6, 6.07) is 2.05. The molecule has 108 valence electrons. The molecule has 0 fully saturated rings. The summed E-state index contributed by atoms with van der Waals surface area (Å²) in [5, 5.41) is 5.29. The van der Waals surface area contributed by atoms with Gasteiger partial charge in [0.05, 0.1) is 5.75 Å². The van der Waals surface area contributed by atoms with Crippen molar-refractivity contribution in [1.29, 1.82) is 0 Å². The van der Waals surface area contributed by atoms with Gasteiger partial charge in [-0.15, -0.1) is 11.3 Å². The van der Waals surface area contributed by atoms with E-state index in [-0.39, 0.29) is 5.75 Å². The zero-order valence-corrected chi connectivity index (χ0v) is 13.0. The zero-order chi connectivity index (χ0) is 13.7. The normalized spacial score (nSPS) is 16.5. The molecule has 6 heteroatoms. The maximum Gasteiger partial charge on any atom is 0.214 e. The fraction of sp³-hybridized carbons (Fsp3) is 0.692. The van der Waals surface area contributed by atoms with E-state index < -0.39 is 10.0 Å². The second kappa shape index (κ2) is 6.83. The average molecular weight is 302 g/mol. The van der Waals surface area contributed by atoms with E-state index in [1.165, 1.54) is 10.4 Å². The van der Waals surface area contributed by atoms with Crippen LogP contribution in [-0.2, 0) is 23.0 Å². The highest BCUT2D eigenvalue weighted by Crippen LogP contribution is 2.25. The van der Waals surface area contributed by atoms with E-state index in [0.717, 1.165) is 25.9 Å². The van der Waals surface area contributed by atoms with E-state index in [4.69, 9.17) is 0 Å². The number of fused-ring (bicyclic) bond motifs is 1. The summed E-state index contributed by atoms with van der Waals surface area (Å²) in [7, 11) is -3.09. The van der Waals surface area contributed by atoms with E-state index in [2.05, 4.69) is 17.6 Å². The molecule has 2 rings (SSSR count). The quantitative estimate of drug-likeness (QED) is 0.782. The van der Waals surface area contributed by atoms with Crippen LogP contribution < -0.4 is 5.32 Å². The summed E-state index contributed by atoms with van der Waals surface area (Å²) >= 11 is 1.73. The molecule has 0 radical (unpaired) electrons. The van der Waals surface area contributed by atoms with Gasteiger partial charge in [0, 0.05) is 18.0 Å². The Morgan fingerprint density at radius 2 is 2.26 bits per heavy atom. The van der Waals surface area contributed by atoms with Crippen molar-refractivity contribution in [3.8, 4) is 0 Å². The summed E-state index contributed by atoms with van der Waals surface area (Å²) in [4.78, 5) is 1.34. The predicted molar refractivity (Wildman–Crippen MR) is 80.0 cm³/mol. The summed E-state index contributed by atoms with van der Waals surface area (Å²) < 4.78 is 26.1. The SMILES string of the molecule is CCCNCCCS(=O)(=O)N1CCc2sccc2C1. The average Bonchev–Trinajstić information content (AvgIpc) is 2.85. The molecule has 4 nitrogen and oxygen atoms in total. The Hall–Kier alpha value is -0.430. The molecule has 1 aliphatic heterocycles. The molecule has 0 saturated heterocycles. The molecule has 1 N–H and O–H groups in total. The summed E-state index contributed by atoms with van der Waals surface area (Å²) in [6.07, 6.45) is 2.63. The molecule has 0 saturated carbocycles. The van der Waals surface area contributed by atoms with Crippen molar-refractivity contribution in [1.82, 2.24) is 9.62 Å². The van der Waals surface area contributed by atoms with Gasteiger partial charge in [-0.05, 0) is 49.4 Å². The third-order valence-electron chi connectivity index (χ3n) is 3.35. The van der Waals surface area contributed by atoms with Crippen molar-refractivity contribution in [3.63, 3.8) is 0 Å². The molecule has 2 heterocycles. The van der Waals surface area contributed by atoms with E-state index in [9.17, 15) is 8.42 Å². The van der Waals surface area contributed by atoms with Gasteiger partial charge in [0.2, 0.25) is 10.0 Å². The van der Waals surface area contributed by atoms with Gasteiger partial charge in [0.15, 0.2) is 0 Å². The lowest BCUT2D eigenvalue weighted by Gasteiger charge is -2.26. The molecule has 1 aromatic heterocycles. The standard InChI is InChI=1S/C13H22N2O2S2/c1-2-6-14-7-3-10-19(16,17)15-8-4-13-12(11-15)5-9-18-13/h5,9,14H,2-4,6-8,10-11H2,1H3. The van der Waals surface area contributed by atoms with Gasteiger partial charge in [-0.3, -0.25) is 0 Å². The Balaban J connectivity index is 1.84. The summed E-state index contributed by atoms with van der Waals surface area (Å²) in [5.41, 5.74) is 1.18. The van der Waals surface area contributed by atoms with Crippen LogP contribution >= 0.6 is 11.3 Å². The molecular weight excluding hydrogens is 280 g/mol. The van der Waals surface area contributed by atoms with Gasteiger partial charge >= 0.3 is 0 Å². The highest BCUT2D eigenvalue weighted by molar-refractivity contribution is 7.89. The second-order valence-corrected chi connectivity index (χ2v) is 7.96. The third-order valence-corrected chi connectivity index (χ3v) is 6.27. The molecule has 0 aliphatic carbocycles. The van der Waals surface area contributed by atoms with Crippen LogP contribution in [0.5, 0.6) is 0 Å². The van der Waals surface area contributed by atoms with Crippen LogP contribution in [0.2, 0.25) is 0 Å². The lowest BCUT2D eigenvalue weighted by molar-refractivity contribution is 0.393. The third kappa shape index (κ3) is 4.02. The molecular formula is C13H22N2O2S2. The molecule has 1 aliphatic rings. The van der Waals surface area contributed by atoms with Crippen LogP contribution in [0.3, 0.4) is 0 Å². The second-order valence-electron chi connectivity index (χ2n) is 4.87. The maximum absolute atomic E-state index is 12.3. The van der Waals surface area contributed by atoms with Crippen LogP contribution in [0.25, 0.3) is 0 Å². The Morgan fingerprint density at radius 3 is 3.05 bits per heavy atom. The van der Waals surface area contributed by atoms with E-state index in [0.29, 0.717) is 19.5 Å². The number of nitrogens with zero attached hydrogens (tertiary/aromatic N) is 1. The highest BCUT2D eigenvalue weighted by atomic mass is 32.2. The fourth-order valence-corrected chi connectivity index (χ4v) is 4.63. The van der Waals surface area contributed by atoms with Crippen molar-refractivity contribution in [2.75, 3.05) is 25.4 Å². The van der Waals surface area contributed by atoms with Crippen molar-refractivity contribution in [2.45, 2.75) is 32.7 Å². The van der Waals surface area contributed by atoms with Crippen LogP contribution in [0.1, 0.15) is 30.2 Å². The lowest BCUT2D eigenvalue weighted by Crippen LogP contribution is -2.37. The maximum atomic E-state index is 12.3. The monoisotopic (exact) mass is 302 g/mol. The Kier molecular flexibility index (Phi) is 5.38. The van der Waals surface area contributed by atoms with Crippen LogP contribution in [0, 0.1) is 0 Å². The molecule has 19 heavy (non-hydrogen) atoms. The van der Waals surface area contributed by atoms with E-state index >= 15 is 0 Å². The van der Waals surface area contributed by atoms with Crippen molar-refractivity contribution >= 4 is 21.4 Å². The number of hydrogen-bond donors (Lipinski definition) is 1. The van der Waals surface area contributed by atoms with Crippen molar-refractivity contribution < 1.29 is 8.42 Å². The predicted octanol–water partition coefficient (Wildman–Crippen LogP) is 1.83. The van der Waals surface area contributed by atoms with Gasteiger partial charge in [0.1, 0.15) is 0 Å². The zero-order valence-electron chi connectivity index (χ0n) is 11.4. The van der Waals surface area contributed by atoms with Crippen molar-refractivity contribution in [2.24, 2.45) is 0 Å². The number of thiophene rings is 1. The number of hydrogen-bond acceptors (Lipinski definition) is 4. The molecule has 0 unspecified atom stereocenters. The fourth-order valence-electron chi connectivity index (χ4n) is 2.27. The van der Waals surface area contributed by atoms with Gasteiger partial charge in [-0.2, -0.15) is 4.31 Å².